The zero-order valence-electron chi connectivity index (χ0n) is 9.91. The van der Waals surface area contributed by atoms with Gasteiger partial charge in [-0.05, 0) is 37.9 Å². The highest BCUT2D eigenvalue weighted by Crippen LogP contribution is 2.10. The number of Topliss-reactive ketones (excluding diaryl/α,β-unsaturated/α-hetero) is 1. The van der Waals surface area contributed by atoms with Gasteiger partial charge in [-0.1, -0.05) is 31.2 Å². The van der Waals surface area contributed by atoms with E-state index in [0.29, 0.717) is 6.54 Å². The largest absolute Gasteiger partial charge is 0.296 e. The molecule has 0 radical (unpaired) electrons. The fourth-order valence-electron chi connectivity index (χ4n) is 2.16. The minimum absolute atomic E-state index is 0.254. The summed E-state index contributed by atoms with van der Waals surface area (Å²) < 4.78 is 0. The molecule has 1 aromatic rings. The van der Waals surface area contributed by atoms with Crippen molar-refractivity contribution < 1.29 is 4.79 Å². The number of aryl methyl sites for hydroxylation is 1. The first-order chi connectivity index (χ1) is 7.79. The molecule has 0 aliphatic carbocycles. The van der Waals surface area contributed by atoms with Crippen LogP contribution in [-0.4, -0.2) is 30.3 Å². The molecule has 1 aliphatic heterocycles. The quantitative estimate of drug-likeness (QED) is 0.722. The van der Waals surface area contributed by atoms with Crippen LogP contribution in [-0.2, 0) is 6.42 Å². The number of benzene rings is 1. The lowest BCUT2D eigenvalue weighted by Gasteiger charge is -2.13. The normalized spacial score (nSPS) is 16.6. The van der Waals surface area contributed by atoms with Crippen molar-refractivity contribution in [3.63, 3.8) is 0 Å². The second-order valence-corrected chi connectivity index (χ2v) is 4.46. The number of hydrogen-bond acceptors (Lipinski definition) is 2. The van der Waals surface area contributed by atoms with Crippen LogP contribution in [0.5, 0.6) is 0 Å². The lowest BCUT2D eigenvalue weighted by molar-refractivity contribution is 0.0945. The molecule has 0 aromatic heterocycles. The molecular formula is C14H19NO. The van der Waals surface area contributed by atoms with E-state index in [1.807, 2.05) is 12.1 Å². The Morgan fingerprint density at radius 1 is 1.19 bits per heavy atom. The maximum atomic E-state index is 12.0. The third-order valence-electron chi connectivity index (χ3n) is 3.25. The fourth-order valence-corrected chi connectivity index (χ4v) is 2.16. The molecular weight excluding hydrogens is 198 g/mol. The van der Waals surface area contributed by atoms with E-state index in [1.54, 1.807) is 0 Å². The van der Waals surface area contributed by atoms with Crippen LogP contribution in [0.25, 0.3) is 0 Å². The molecule has 0 unspecified atom stereocenters. The molecule has 16 heavy (non-hydrogen) atoms. The second-order valence-electron chi connectivity index (χ2n) is 4.46. The van der Waals surface area contributed by atoms with Gasteiger partial charge in [0.25, 0.3) is 0 Å². The number of ketones is 1. The molecule has 86 valence electrons. The summed E-state index contributed by atoms with van der Waals surface area (Å²) in [7, 11) is 0. The molecule has 0 spiro atoms. The molecule has 0 bridgehead atoms. The SMILES string of the molecule is CCc1ccc(C(=O)CN2CCCC2)cc1. The predicted octanol–water partition coefficient (Wildman–Crippen LogP) is 2.53. The van der Waals surface area contributed by atoms with Gasteiger partial charge in [0.1, 0.15) is 0 Å². The van der Waals surface area contributed by atoms with Gasteiger partial charge in [-0.15, -0.1) is 0 Å². The Morgan fingerprint density at radius 2 is 1.81 bits per heavy atom. The van der Waals surface area contributed by atoms with Crippen molar-refractivity contribution in [1.29, 1.82) is 0 Å². The first kappa shape index (κ1) is 11.3. The van der Waals surface area contributed by atoms with E-state index in [2.05, 4.69) is 24.0 Å². The van der Waals surface area contributed by atoms with Crippen LogP contribution < -0.4 is 0 Å². The molecule has 2 rings (SSSR count). The van der Waals surface area contributed by atoms with E-state index in [9.17, 15) is 4.79 Å². The summed E-state index contributed by atoms with van der Waals surface area (Å²) in [5.74, 6) is 0.254. The Morgan fingerprint density at radius 3 is 2.38 bits per heavy atom. The fraction of sp³-hybridized carbons (Fsp3) is 0.500. The monoisotopic (exact) mass is 217 g/mol. The Labute approximate surface area is 97.3 Å². The number of rotatable bonds is 4. The van der Waals surface area contributed by atoms with Crippen molar-refractivity contribution in [1.82, 2.24) is 4.90 Å². The van der Waals surface area contributed by atoms with Crippen molar-refractivity contribution in [3.8, 4) is 0 Å². The molecule has 0 N–H and O–H groups in total. The first-order valence-corrected chi connectivity index (χ1v) is 6.14. The molecule has 1 aromatic carbocycles. The van der Waals surface area contributed by atoms with Crippen molar-refractivity contribution >= 4 is 5.78 Å². The maximum absolute atomic E-state index is 12.0. The van der Waals surface area contributed by atoms with Crippen LogP contribution in [0.3, 0.4) is 0 Å². The summed E-state index contributed by atoms with van der Waals surface area (Å²) in [6.45, 7) is 4.88. The Kier molecular flexibility index (Phi) is 3.73. The highest BCUT2D eigenvalue weighted by atomic mass is 16.1. The molecule has 0 atom stereocenters. The summed E-state index contributed by atoms with van der Waals surface area (Å²) in [6, 6.07) is 8.02. The molecule has 1 heterocycles. The van der Waals surface area contributed by atoms with E-state index in [1.165, 1.54) is 18.4 Å². The van der Waals surface area contributed by atoms with E-state index in [0.717, 1.165) is 25.1 Å². The average Bonchev–Trinajstić information content (AvgIpc) is 2.82. The summed E-state index contributed by atoms with van der Waals surface area (Å²) in [5, 5.41) is 0. The van der Waals surface area contributed by atoms with Crippen molar-refractivity contribution in [3.05, 3.63) is 35.4 Å². The van der Waals surface area contributed by atoms with Crippen molar-refractivity contribution in [2.45, 2.75) is 26.2 Å². The molecule has 0 amide bonds. The smallest absolute Gasteiger partial charge is 0.176 e. The summed E-state index contributed by atoms with van der Waals surface area (Å²) in [6.07, 6.45) is 3.50. The van der Waals surface area contributed by atoms with Crippen LogP contribution in [0.2, 0.25) is 0 Å². The molecule has 2 heteroatoms. The molecule has 1 fully saturated rings. The van der Waals surface area contributed by atoms with E-state index < -0.39 is 0 Å². The second kappa shape index (κ2) is 5.26. The molecule has 2 nitrogen and oxygen atoms in total. The van der Waals surface area contributed by atoms with E-state index >= 15 is 0 Å². The standard InChI is InChI=1S/C14H19NO/c1-2-12-5-7-13(8-6-12)14(16)11-15-9-3-4-10-15/h5-8H,2-4,9-11H2,1H3. The number of carbonyl (C=O) groups excluding carboxylic acids is 1. The summed E-state index contributed by atoms with van der Waals surface area (Å²) >= 11 is 0. The molecule has 1 aliphatic rings. The van der Waals surface area contributed by atoms with Crippen molar-refractivity contribution in [2.75, 3.05) is 19.6 Å². The Bertz CT molecular complexity index is 350. The molecule has 0 saturated carbocycles. The number of carbonyl (C=O) groups is 1. The lowest BCUT2D eigenvalue weighted by atomic mass is 10.1. The van der Waals surface area contributed by atoms with Gasteiger partial charge in [0.15, 0.2) is 5.78 Å². The number of likely N-dealkylation sites (tertiary alicyclic amines) is 1. The third-order valence-corrected chi connectivity index (χ3v) is 3.25. The van der Waals surface area contributed by atoms with Crippen LogP contribution >= 0.6 is 0 Å². The maximum Gasteiger partial charge on any atom is 0.176 e. The number of nitrogens with zero attached hydrogens (tertiary/aromatic N) is 1. The van der Waals surface area contributed by atoms with Gasteiger partial charge in [-0.2, -0.15) is 0 Å². The zero-order valence-corrected chi connectivity index (χ0v) is 9.91. The highest BCUT2D eigenvalue weighted by molar-refractivity contribution is 5.97. The highest BCUT2D eigenvalue weighted by Gasteiger charge is 2.15. The van der Waals surface area contributed by atoms with Crippen LogP contribution in [0.15, 0.2) is 24.3 Å². The lowest BCUT2D eigenvalue weighted by Crippen LogP contribution is -2.26. The van der Waals surface area contributed by atoms with Crippen LogP contribution in [0, 0.1) is 0 Å². The average molecular weight is 217 g/mol. The summed E-state index contributed by atoms with van der Waals surface area (Å²) in [4.78, 5) is 14.2. The predicted molar refractivity (Wildman–Crippen MR) is 65.8 cm³/mol. The Balaban J connectivity index is 1.97. The van der Waals surface area contributed by atoms with Gasteiger partial charge in [-0.3, -0.25) is 9.69 Å². The van der Waals surface area contributed by atoms with Crippen LogP contribution in [0.4, 0.5) is 0 Å². The summed E-state index contributed by atoms with van der Waals surface area (Å²) in [5.41, 5.74) is 2.14. The first-order valence-electron chi connectivity index (χ1n) is 6.14. The molecule has 1 saturated heterocycles. The zero-order chi connectivity index (χ0) is 11.4. The number of hydrogen-bond donors (Lipinski definition) is 0. The van der Waals surface area contributed by atoms with E-state index in [-0.39, 0.29) is 5.78 Å². The van der Waals surface area contributed by atoms with Gasteiger partial charge in [-0.25, -0.2) is 0 Å². The van der Waals surface area contributed by atoms with Gasteiger partial charge >= 0.3 is 0 Å². The minimum Gasteiger partial charge on any atom is -0.296 e. The van der Waals surface area contributed by atoms with Gasteiger partial charge in [0.05, 0.1) is 6.54 Å². The topological polar surface area (TPSA) is 20.3 Å². The Hall–Kier alpha value is -1.15. The van der Waals surface area contributed by atoms with Gasteiger partial charge < -0.3 is 0 Å². The van der Waals surface area contributed by atoms with Gasteiger partial charge in [0.2, 0.25) is 0 Å². The van der Waals surface area contributed by atoms with Crippen LogP contribution in [0.1, 0.15) is 35.7 Å². The third kappa shape index (κ3) is 2.70. The van der Waals surface area contributed by atoms with Crippen molar-refractivity contribution in [2.24, 2.45) is 0 Å². The minimum atomic E-state index is 0.254. The van der Waals surface area contributed by atoms with Gasteiger partial charge in [0, 0.05) is 5.56 Å². The van der Waals surface area contributed by atoms with E-state index in [4.69, 9.17) is 0 Å².